The van der Waals surface area contributed by atoms with E-state index in [1.54, 1.807) is 12.0 Å². The summed E-state index contributed by atoms with van der Waals surface area (Å²) in [5.41, 5.74) is 2.55. The van der Waals surface area contributed by atoms with E-state index >= 15 is 0 Å². The topological polar surface area (TPSA) is 54.5 Å². The van der Waals surface area contributed by atoms with Crippen LogP contribution in [-0.2, 0) is 0 Å². The van der Waals surface area contributed by atoms with Gasteiger partial charge in [-0.25, -0.2) is 9.78 Å². The molecule has 0 saturated heterocycles. The standard InChI is InChI=1S/C20H21N3O2S/c1-3-13-23(19(24)21-16-11-7-8-12-18(16)25-2)20-22-17(14-26-20)15-9-5-4-6-10-15/h4-12,14H,3,13H2,1-2H3,(H,21,24). The molecule has 0 aliphatic rings. The summed E-state index contributed by atoms with van der Waals surface area (Å²) in [6.07, 6.45) is 0.833. The van der Waals surface area contributed by atoms with Gasteiger partial charge in [0.15, 0.2) is 5.13 Å². The van der Waals surface area contributed by atoms with Crippen molar-refractivity contribution in [2.75, 3.05) is 23.9 Å². The van der Waals surface area contributed by atoms with Gasteiger partial charge in [-0.3, -0.25) is 4.90 Å². The lowest BCUT2D eigenvalue weighted by atomic mass is 10.2. The number of carbonyl (C=O) groups excluding carboxylic acids is 1. The van der Waals surface area contributed by atoms with Gasteiger partial charge in [0, 0.05) is 17.5 Å². The Bertz CT molecular complexity index is 864. The zero-order valence-corrected chi connectivity index (χ0v) is 15.6. The van der Waals surface area contributed by atoms with Crippen LogP contribution in [0.15, 0.2) is 60.0 Å². The number of amides is 2. The molecule has 3 rings (SSSR count). The second kappa shape index (κ2) is 8.49. The molecule has 1 aromatic heterocycles. The van der Waals surface area contributed by atoms with Crippen molar-refractivity contribution < 1.29 is 9.53 Å². The second-order valence-corrected chi connectivity index (χ2v) is 6.50. The SMILES string of the molecule is CCCN(C(=O)Nc1ccccc1OC)c1nc(-c2ccccc2)cs1. The fraction of sp³-hybridized carbons (Fsp3) is 0.200. The number of carbonyl (C=O) groups is 1. The lowest BCUT2D eigenvalue weighted by Crippen LogP contribution is -2.35. The molecule has 0 saturated carbocycles. The van der Waals surface area contributed by atoms with Crippen LogP contribution in [0.2, 0.25) is 0 Å². The Hall–Kier alpha value is -2.86. The molecule has 1 heterocycles. The number of hydrogen-bond donors (Lipinski definition) is 1. The van der Waals surface area contributed by atoms with E-state index in [9.17, 15) is 4.79 Å². The lowest BCUT2D eigenvalue weighted by Gasteiger charge is -2.20. The summed E-state index contributed by atoms with van der Waals surface area (Å²) in [7, 11) is 1.59. The number of aromatic nitrogens is 1. The van der Waals surface area contributed by atoms with Crippen molar-refractivity contribution in [2.45, 2.75) is 13.3 Å². The molecule has 26 heavy (non-hydrogen) atoms. The molecule has 0 radical (unpaired) electrons. The molecule has 0 atom stereocenters. The fourth-order valence-corrected chi connectivity index (χ4v) is 3.43. The van der Waals surface area contributed by atoms with Gasteiger partial charge in [-0.15, -0.1) is 11.3 Å². The first-order valence-corrected chi connectivity index (χ1v) is 9.33. The third kappa shape index (κ3) is 4.03. The van der Waals surface area contributed by atoms with Crippen molar-refractivity contribution in [1.82, 2.24) is 4.98 Å². The Morgan fingerprint density at radius 3 is 2.62 bits per heavy atom. The molecular weight excluding hydrogens is 346 g/mol. The number of benzene rings is 2. The first kappa shape index (κ1) is 17.9. The van der Waals surface area contributed by atoms with Gasteiger partial charge in [0.2, 0.25) is 0 Å². The maximum absolute atomic E-state index is 12.8. The summed E-state index contributed by atoms with van der Waals surface area (Å²) in [5.74, 6) is 0.626. The van der Waals surface area contributed by atoms with Crippen molar-refractivity contribution >= 4 is 28.2 Å². The fourth-order valence-electron chi connectivity index (χ4n) is 2.57. The molecule has 0 aliphatic heterocycles. The highest BCUT2D eigenvalue weighted by molar-refractivity contribution is 7.14. The van der Waals surface area contributed by atoms with Gasteiger partial charge in [0.1, 0.15) is 5.75 Å². The zero-order chi connectivity index (χ0) is 18.4. The van der Waals surface area contributed by atoms with Gasteiger partial charge >= 0.3 is 6.03 Å². The third-order valence-corrected chi connectivity index (χ3v) is 4.70. The van der Waals surface area contributed by atoms with Gasteiger partial charge in [-0.05, 0) is 18.6 Å². The van der Waals surface area contributed by atoms with E-state index in [0.717, 1.165) is 17.7 Å². The van der Waals surface area contributed by atoms with E-state index in [1.165, 1.54) is 11.3 Å². The van der Waals surface area contributed by atoms with Crippen LogP contribution in [0.3, 0.4) is 0 Å². The predicted octanol–water partition coefficient (Wildman–Crippen LogP) is 5.27. The molecule has 2 amide bonds. The number of para-hydroxylation sites is 2. The summed E-state index contributed by atoms with van der Waals surface area (Å²) in [4.78, 5) is 19.2. The van der Waals surface area contributed by atoms with E-state index in [4.69, 9.17) is 4.74 Å². The van der Waals surface area contributed by atoms with Crippen molar-refractivity contribution in [3.63, 3.8) is 0 Å². The molecule has 0 unspecified atom stereocenters. The summed E-state index contributed by atoms with van der Waals surface area (Å²) >= 11 is 1.46. The van der Waals surface area contributed by atoms with Crippen molar-refractivity contribution in [3.05, 3.63) is 60.0 Å². The highest BCUT2D eigenvalue weighted by Gasteiger charge is 2.20. The Morgan fingerprint density at radius 1 is 1.15 bits per heavy atom. The van der Waals surface area contributed by atoms with Gasteiger partial charge in [0.05, 0.1) is 18.5 Å². The Morgan fingerprint density at radius 2 is 1.88 bits per heavy atom. The predicted molar refractivity (Wildman–Crippen MR) is 107 cm³/mol. The number of rotatable bonds is 6. The van der Waals surface area contributed by atoms with E-state index in [1.807, 2.05) is 66.9 Å². The number of urea groups is 1. The molecule has 0 spiro atoms. The molecule has 1 N–H and O–H groups in total. The number of ether oxygens (including phenoxy) is 1. The van der Waals surface area contributed by atoms with Crippen LogP contribution in [0, 0.1) is 0 Å². The molecule has 0 fully saturated rings. The normalized spacial score (nSPS) is 10.4. The van der Waals surface area contributed by atoms with E-state index in [-0.39, 0.29) is 6.03 Å². The number of nitrogens with zero attached hydrogens (tertiary/aromatic N) is 2. The molecule has 5 nitrogen and oxygen atoms in total. The smallest absolute Gasteiger partial charge is 0.328 e. The number of methoxy groups -OCH3 is 1. The molecule has 2 aromatic carbocycles. The largest absolute Gasteiger partial charge is 0.495 e. The van der Waals surface area contributed by atoms with Crippen LogP contribution >= 0.6 is 11.3 Å². The van der Waals surface area contributed by atoms with Crippen molar-refractivity contribution in [3.8, 4) is 17.0 Å². The summed E-state index contributed by atoms with van der Waals surface area (Å²) in [6, 6.07) is 17.1. The Kier molecular flexibility index (Phi) is 5.86. The summed E-state index contributed by atoms with van der Waals surface area (Å²) in [6.45, 7) is 2.62. The quantitative estimate of drug-likeness (QED) is 0.646. The summed E-state index contributed by atoms with van der Waals surface area (Å²) in [5, 5.41) is 5.58. The minimum atomic E-state index is -0.217. The molecule has 134 valence electrons. The summed E-state index contributed by atoms with van der Waals surface area (Å²) < 4.78 is 5.31. The maximum Gasteiger partial charge on any atom is 0.328 e. The first-order chi connectivity index (χ1) is 12.7. The molecule has 3 aromatic rings. The highest BCUT2D eigenvalue weighted by Crippen LogP contribution is 2.29. The van der Waals surface area contributed by atoms with Gasteiger partial charge in [-0.2, -0.15) is 0 Å². The minimum absolute atomic E-state index is 0.217. The number of anilines is 2. The van der Waals surface area contributed by atoms with Crippen molar-refractivity contribution in [1.29, 1.82) is 0 Å². The van der Waals surface area contributed by atoms with Gasteiger partial charge < -0.3 is 10.1 Å². The van der Waals surface area contributed by atoms with E-state index < -0.39 is 0 Å². The second-order valence-electron chi connectivity index (χ2n) is 5.66. The van der Waals surface area contributed by atoms with Gasteiger partial charge in [-0.1, -0.05) is 49.4 Å². The van der Waals surface area contributed by atoms with E-state index in [2.05, 4.69) is 10.3 Å². The zero-order valence-electron chi connectivity index (χ0n) is 14.8. The Balaban J connectivity index is 1.83. The first-order valence-electron chi connectivity index (χ1n) is 8.45. The van der Waals surface area contributed by atoms with Crippen LogP contribution in [-0.4, -0.2) is 24.7 Å². The lowest BCUT2D eigenvalue weighted by molar-refractivity contribution is 0.256. The maximum atomic E-state index is 12.8. The van der Waals surface area contributed by atoms with Crippen LogP contribution in [0.25, 0.3) is 11.3 Å². The van der Waals surface area contributed by atoms with Gasteiger partial charge in [0.25, 0.3) is 0 Å². The minimum Gasteiger partial charge on any atom is -0.495 e. The third-order valence-electron chi connectivity index (χ3n) is 3.83. The molecular formula is C20H21N3O2S. The number of hydrogen-bond acceptors (Lipinski definition) is 4. The number of nitrogens with one attached hydrogen (secondary N) is 1. The monoisotopic (exact) mass is 367 g/mol. The van der Waals surface area contributed by atoms with Crippen LogP contribution in [0.1, 0.15) is 13.3 Å². The average Bonchev–Trinajstić information content (AvgIpc) is 3.17. The Labute approximate surface area is 157 Å². The van der Waals surface area contributed by atoms with Crippen LogP contribution < -0.4 is 15.0 Å². The molecule has 0 bridgehead atoms. The average molecular weight is 367 g/mol. The highest BCUT2D eigenvalue weighted by atomic mass is 32.1. The van der Waals surface area contributed by atoms with Crippen LogP contribution in [0.5, 0.6) is 5.75 Å². The van der Waals surface area contributed by atoms with Crippen LogP contribution in [0.4, 0.5) is 15.6 Å². The molecule has 6 heteroatoms. The van der Waals surface area contributed by atoms with Crippen molar-refractivity contribution in [2.24, 2.45) is 0 Å². The van der Waals surface area contributed by atoms with E-state index in [0.29, 0.717) is 23.1 Å². The molecule has 0 aliphatic carbocycles. The number of thiazole rings is 1.